The Bertz CT molecular complexity index is 1130. The second kappa shape index (κ2) is 11.7. The molecule has 11 heteroatoms. The highest BCUT2D eigenvalue weighted by molar-refractivity contribution is 6.99. The average molecular weight is 542 g/mol. The van der Waals surface area contributed by atoms with Crippen LogP contribution in [0.3, 0.4) is 0 Å². The molecule has 1 saturated carbocycles. The number of rotatable bonds is 8. The number of hydrogen-bond donors (Lipinski definition) is 2. The van der Waals surface area contributed by atoms with Crippen LogP contribution in [0.2, 0.25) is 5.04 Å². The van der Waals surface area contributed by atoms with Crippen LogP contribution in [-0.4, -0.2) is 67.0 Å². The Kier molecular flexibility index (Phi) is 9.01. The minimum Gasteiger partial charge on any atom is -0.463 e. The number of esters is 2. The number of ether oxygens (including phenoxy) is 2. The third-order valence-electron chi connectivity index (χ3n) is 6.88. The van der Waals surface area contributed by atoms with Crippen molar-refractivity contribution >= 4 is 30.6 Å². The summed E-state index contributed by atoms with van der Waals surface area (Å²) in [6.07, 6.45) is -4.50. The van der Waals surface area contributed by atoms with Crippen LogP contribution in [0.25, 0.3) is 10.4 Å². The Morgan fingerprint density at radius 3 is 1.97 bits per heavy atom. The van der Waals surface area contributed by atoms with Gasteiger partial charge in [-0.15, -0.1) is 0 Å². The number of benzene rings is 2. The number of nitrogens with zero attached hydrogens (tertiary/aromatic N) is 3. The van der Waals surface area contributed by atoms with Crippen LogP contribution in [0.15, 0.2) is 65.8 Å². The first-order valence-corrected chi connectivity index (χ1v) is 14.3. The van der Waals surface area contributed by atoms with Gasteiger partial charge in [0.05, 0.1) is 6.04 Å². The lowest BCUT2D eigenvalue weighted by atomic mass is 9.76. The van der Waals surface area contributed by atoms with Crippen molar-refractivity contribution in [3.05, 3.63) is 71.1 Å². The van der Waals surface area contributed by atoms with E-state index in [0.717, 1.165) is 10.4 Å². The number of aliphatic hydroxyl groups is 2. The third-order valence-corrected chi connectivity index (χ3v) is 11.9. The van der Waals surface area contributed by atoms with Gasteiger partial charge in [0.2, 0.25) is 0 Å². The van der Waals surface area contributed by atoms with E-state index in [1.165, 1.54) is 13.8 Å². The molecule has 1 fully saturated rings. The molecule has 3 rings (SSSR count). The molecule has 38 heavy (non-hydrogen) atoms. The van der Waals surface area contributed by atoms with Crippen molar-refractivity contribution in [3.63, 3.8) is 0 Å². The van der Waals surface area contributed by atoms with Crippen molar-refractivity contribution in [1.29, 1.82) is 0 Å². The first-order valence-electron chi connectivity index (χ1n) is 12.4. The van der Waals surface area contributed by atoms with Gasteiger partial charge < -0.3 is 24.1 Å². The number of hydrogen-bond acceptors (Lipinski definition) is 8. The molecule has 5 atom stereocenters. The number of azide groups is 1. The summed E-state index contributed by atoms with van der Waals surface area (Å²) in [7, 11) is -3.34. The SMILES string of the molecule is CC(=O)OC[C@@]1(O)C[C@@H](N=[N+]=[N-])[C@H](OC(C)=O)[C@@H](O[Si](c2ccccc2)(c2ccccc2)C(C)(C)C)[C@@H]1O. The van der Waals surface area contributed by atoms with Gasteiger partial charge in [-0.1, -0.05) is 86.5 Å². The molecule has 1 aliphatic carbocycles. The number of carbonyl (C=O) groups excluding carboxylic acids is 2. The minimum atomic E-state index is -3.34. The Balaban J connectivity index is 2.27. The van der Waals surface area contributed by atoms with Crippen LogP contribution in [0, 0.1) is 0 Å². The van der Waals surface area contributed by atoms with Gasteiger partial charge in [-0.05, 0) is 27.4 Å². The molecule has 2 aromatic carbocycles. The monoisotopic (exact) mass is 541 g/mol. The molecule has 0 radical (unpaired) electrons. The van der Waals surface area contributed by atoms with Gasteiger partial charge in [-0.25, -0.2) is 0 Å². The third kappa shape index (κ3) is 5.92. The van der Waals surface area contributed by atoms with Crippen LogP contribution in [0.1, 0.15) is 41.0 Å². The molecule has 204 valence electrons. The summed E-state index contributed by atoms with van der Waals surface area (Å²) in [5.41, 5.74) is 7.25. The van der Waals surface area contributed by atoms with Crippen molar-refractivity contribution in [3.8, 4) is 0 Å². The van der Waals surface area contributed by atoms with Crippen LogP contribution in [0.5, 0.6) is 0 Å². The number of carbonyl (C=O) groups is 2. The normalized spacial score (nSPS) is 25.7. The van der Waals surface area contributed by atoms with Crippen molar-refractivity contribution in [2.24, 2.45) is 5.11 Å². The predicted molar refractivity (Wildman–Crippen MR) is 143 cm³/mol. The van der Waals surface area contributed by atoms with Crippen LogP contribution in [0.4, 0.5) is 0 Å². The molecule has 10 nitrogen and oxygen atoms in total. The van der Waals surface area contributed by atoms with Crippen molar-refractivity contribution in [2.45, 2.75) is 76.0 Å². The largest absolute Gasteiger partial charge is 0.463 e. The van der Waals surface area contributed by atoms with Crippen LogP contribution < -0.4 is 10.4 Å². The van der Waals surface area contributed by atoms with Gasteiger partial charge in [-0.3, -0.25) is 9.59 Å². The van der Waals surface area contributed by atoms with Gasteiger partial charge in [0.1, 0.15) is 30.5 Å². The Hall–Kier alpha value is -3.21. The zero-order valence-electron chi connectivity index (χ0n) is 22.3. The summed E-state index contributed by atoms with van der Waals surface area (Å²) in [4.78, 5) is 26.6. The summed E-state index contributed by atoms with van der Waals surface area (Å²) in [6.45, 7) is 7.93. The van der Waals surface area contributed by atoms with Crippen molar-refractivity contribution < 1.29 is 33.7 Å². The molecule has 1 aliphatic rings. The van der Waals surface area contributed by atoms with Crippen LogP contribution >= 0.6 is 0 Å². The fraction of sp³-hybridized carbons (Fsp3) is 0.481. The molecule has 0 aromatic heterocycles. The molecular weight excluding hydrogens is 506 g/mol. The highest BCUT2D eigenvalue weighted by Crippen LogP contribution is 2.42. The summed E-state index contributed by atoms with van der Waals surface area (Å²) >= 11 is 0. The topological polar surface area (TPSA) is 151 Å². The Labute approximate surface area is 223 Å². The van der Waals surface area contributed by atoms with E-state index in [9.17, 15) is 25.3 Å². The summed E-state index contributed by atoms with van der Waals surface area (Å²) in [6, 6.07) is 18.1. The lowest BCUT2D eigenvalue weighted by molar-refractivity contribution is -0.213. The molecule has 0 saturated heterocycles. The van der Waals surface area contributed by atoms with E-state index in [4.69, 9.17) is 13.9 Å². The van der Waals surface area contributed by atoms with Crippen LogP contribution in [-0.2, 0) is 23.5 Å². The smallest absolute Gasteiger partial charge is 0.303 e. The summed E-state index contributed by atoms with van der Waals surface area (Å²) in [5.74, 6) is -1.32. The van der Waals surface area contributed by atoms with Gasteiger partial charge in [0.25, 0.3) is 8.32 Å². The van der Waals surface area contributed by atoms with E-state index in [1.54, 1.807) is 0 Å². The molecule has 0 spiro atoms. The fourth-order valence-corrected chi connectivity index (χ4v) is 9.90. The quantitative estimate of drug-likeness (QED) is 0.171. The van der Waals surface area contributed by atoms with E-state index in [2.05, 4.69) is 10.0 Å². The molecule has 0 aliphatic heterocycles. The Morgan fingerprint density at radius 2 is 1.55 bits per heavy atom. The average Bonchev–Trinajstić information content (AvgIpc) is 2.86. The molecule has 2 N–H and O–H groups in total. The maximum atomic E-state index is 12.2. The summed E-state index contributed by atoms with van der Waals surface area (Å²) < 4.78 is 17.7. The molecule has 0 bridgehead atoms. The maximum Gasteiger partial charge on any atom is 0.303 e. The second-order valence-corrected chi connectivity index (χ2v) is 14.9. The molecule has 0 amide bonds. The van der Waals surface area contributed by atoms with Crippen molar-refractivity contribution in [2.75, 3.05) is 6.61 Å². The first-order chi connectivity index (χ1) is 17.9. The zero-order valence-corrected chi connectivity index (χ0v) is 23.3. The lowest BCUT2D eigenvalue weighted by Crippen LogP contribution is -2.73. The van der Waals surface area contributed by atoms with E-state index >= 15 is 0 Å². The van der Waals surface area contributed by atoms with Gasteiger partial charge in [-0.2, -0.15) is 0 Å². The first kappa shape index (κ1) is 29.3. The highest BCUT2D eigenvalue weighted by atomic mass is 28.4. The lowest BCUT2D eigenvalue weighted by Gasteiger charge is -2.52. The highest BCUT2D eigenvalue weighted by Gasteiger charge is 2.60. The zero-order chi connectivity index (χ0) is 28.1. The Morgan fingerprint density at radius 1 is 1.03 bits per heavy atom. The number of aliphatic hydroxyl groups excluding tert-OH is 1. The van der Waals surface area contributed by atoms with Gasteiger partial charge in [0, 0.05) is 18.8 Å². The van der Waals surface area contributed by atoms with Crippen molar-refractivity contribution in [1.82, 2.24) is 0 Å². The van der Waals surface area contributed by atoms with E-state index in [-0.39, 0.29) is 6.42 Å². The minimum absolute atomic E-state index is 0.315. The van der Waals surface area contributed by atoms with Gasteiger partial charge >= 0.3 is 11.9 Å². The van der Waals surface area contributed by atoms with Gasteiger partial charge in [0.15, 0.2) is 0 Å². The standard InChI is InChI=1S/C27H35N3O7Si/c1-18(31)35-17-27(34)16-22(29-30-28)23(36-19(2)32)24(25(27)33)37-38(26(3,4)5,20-12-8-6-9-13-20)21-14-10-7-11-15-21/h6-15,22-25,33-34H,16-17H2,1-5H3/t22-,23+,24-,25+,27+/m1/s1. The fourth-order valence-electron chi connectivity index (χ4n) is 5.21. The summed E-state index contributed by atoms with van der Waals surface area (Å²) in [5, 5.41) is 28.2. The second-order valence-electron chi connectivity index (χ2n) is 10.6. The maximum absolute atomic E-state index is 12.2. The van der Waals surface area contributed by atoms with E-state index < -0.39 is 61.9 Å². The van der Waals surface area contributed by atoms with E-state index in [0.29, 0.717) is 0 Å². The molecular formula is C27H35N3O7Si. The predicted octanol–water partition coefficient (Wildman–Crippen LogP) is 2.60. The van der Waals surface area contributed by atoms with E-state index in [1.807, 2.05) is 81.4 Å². The molecule has 0 unspecified atom stereocenters. The molecule has 0 heterocycles. The molecule has 2 aromatic rings.